The number of hydrogen-bond acceptors (Lipinski definition) is 4. The van der Waals surface area contributed by atoms with Crippen molar-refractivity contribution >= 4 is 17.6 Å². The minimum atomic E-state index is 0.0563. The van der Waals surface area contributed by atoms with E-state index in [1.807, 2.05) is 30.3 Å². The number of fused-ring (bicyclic) bond motifs is 5. The van der Waals surface area contributed by atoms with Crippen molar-refractivity contribution in [2.75, 3.05) is 5.32 Å². The molecule has 4 aliphatic rings. The second-order valence-corrected chi connectivity index (χ2v) is 11.9. The van der Waals surface area contributed by atoms with Gasteiger partial charge >= 0.3 is 0 Å². The predicted octanol–water partition coefficient (Wildman–Crippen LogP) is 5.39. The van der Waals surface area contributed by atoms with Crippen LogP contribution in [0.15, 0.2) is 54.9 Å². The Labute approximate surface area is 213 Å². The molecule has 0 saturated heterocycles. The van der Waals surface area contributed by atoms with Gasteiger partial charge in [-0.3, -0.25) is 14.6 Å². The number of amides is 2. The normalized spacial score (nSPS) is 36.8. The van der Waals surface area contributed by atoms with E-state index < -0.39 is 0 Å². The molecular formula is C30H36N4O2. The number of aromatic nitrogens is 2. The summed E-state index contributed by atoms with van der Waals surface area (Å²) >= 11 is 0. The van der Waals surface area contributed by atoms with E-state index in [1.54, 1.807) is 18.5 Å². The monoisotopic (exact) mass is 484 g/mol. The fraction of sp³-hybridized carbons (Fsp3) is 0.533. The van der Waals surface area contributed by atoms with Crippen LogP contribution in [0.4, 0.5) is 5.82 Å². The zero-order valence-electron chi connectivity index (χ0n) is 21.2. The largest absolute Gasteiger partial charge is 0.349 e. The molecule has 0 aromatic carbocycles. The van der Waals surface area contributed by atoms with Crippen LogP contribution >= 0.6 is 0 Å². The van der Waals surface area contributed by atoms with Crippen LogP contribution in [0.5, 0.6) is 0 Å². The predicted molar refractivity (Wildman–Crippen MR) is 140 cm³/mol. The molecule has 0 spiro atoms. The van der Waals surface area contributed by atoms with Gasteiger partial charge < -0.3 is 10.6 Å². The fourth-order valence-corrected chi connectivity index (χ4v) is 8.35. The van der Waals surface area contributed by atoms with Gasteiger partial charge in [-0.25, -0.2) is 4.98 Å². The van der Waals surface area contributed by atoms with Crippen LogP contribution in [0.3, 0.4) is 0 Å². The number of nitrogens with zero attached hydrogens (tertiary/aromatic N) is 2. The van der Waals surface area contributed by atoms with Crippen molar-refractivity contribution in [3.8, 4) is 11.3 Å². The van der Waals surface area contributed by atoms with Crippen LogP contribution in [0, 0.1) is 34.5 Å². The SMILES string of the molecule is C[C@]12C=CC(=O)N[C@@H]1CC[C@@H]1[C@@H]2CC[C@]2(C)[C@@H](CC(=O)Nc3ccc(-c4ccccn4)cn3)CC[C@@H]12. The molecule has 3 saturated carbocycles. The Morgan fingerprint density at radius 1 is 1.06 bits per heavy atom. The molecular weight excluding hydrogens is 448 g/mol. The van der Waals surface area contributed by atoms with E-state index in [1.165, 1.54) is 19.3 Å². The van der Waals surface area contributed by atoms with Gasteiger partial charge in [-0.2, -0.15) is 0 Å². The van der Waals surface area contributed by atoms with E-state index in [0.29, 0.717) is 35.9 Å². The van der Waals surface area contributed by atoms with Crippen LogP contribution in [-0.4, -0.2) is 27.8 Å². The van der Waals surface area contributed by atoms with Gasteiger partial charge in [0.05, 0.1) is 5.69 Å². The standard InChI is InChI=1S/C30H36N4O2/c1-29-14-12-23-21(8-10-25-30(23,2)15-13-27(35)33-25)22(29)9-7-20(29)17-28(36)34-26-11-6-19(18-32-26)24-5-3-4-16-31-24/h3-6,11,13,15-16,18,20-23,25H,7-10,12,14,17H2,1-2H3,(H,33,35)(H,32,34,36)/t20-,21+,22+,23+,25-,29-,30-/m1/s1. The van der Waals surface area contributed by atoms with Gasteiger partial charge in [0, 0.05) is 35.8 Å². The lowest BCUT2D eigenvalue weighted by molar-refractivity contribution is -0.123. The molecule has 2 amide bonds. The molecule has 188 valence electrons. The summed E-state index contributed by atoms with van der Waals surface area (Å²) < 4.78 is 0. The Morgan fingerprint density at radius 3 is 2.72 bits per heavy atom. The van der Waals surface area contributed by atoms with Crippen molar-refractivity contribution in [2.45, 2.75) is 64.8 Å². The molecule has 7 atom stereocenters. The lowest BCUT2D eigenvalue weighted by atomic mass is 9.48. The van der Waals surface area contributed by atoms with Crippen molar-refractivity contribution in [3.63, 3.8) is 0 Å². The van der Waals surface area contributed by atoms with Crippen LogP contribution in [0.2, 0.25) is 0 Å². The topological polar surface area (TPSA) is 84.0 Å². The summed E-state index contributed by atoms with van der Waals surface area (Å²) in [6.07, 6.45) is 15.0. The minimum Gasteiger partial charge on any atom is -0.349 e. The second-order valence-electron chi connectivity index (χ2n) is 11.9. The highest BCUT2D eigenvalue weighted by Crippen LogP contribution is 2.65. The Bertz CT molecular complexity index is 1180. The van der Waals surface area contributed by atoms with Crippen LogP contribution in [0.25, 0.3) is 11.3 Å². The number of nitrogens with one attached hydrogen (secondary N) is 2. The average Bonchev–Trinajstić information content (AvgIpc) is 3.21. The Balaban J connectivity index is 1.12. The van der Waals surface area contributed by atoms with Crippen LogP contribution in [-0.2, 0) is 9.59 Å². The molecule has 0 bridgehead atoms. The summed E-state index contributed by atoms with van der Waals surface area (Å²) in [4.78, 5) is 33.9. The van der Waals surface area contributed by atoms with E-state index >= 15 is 0 Å². The van der Waals surface area contributed by atoms with Gasteiger partial charge in [0.25, 0.3) is 0 Å². The zero-order valence-corrected chi connectivity index (χ0v) is 21.2. The molecule has 6 heteroatoms. The molecule has 3 heterocycles. The van der Waals surface area contributed by atoms with Gasteiger partial charge in [0.1, 0.15) is 5.82 Å². The minimum absolute atomic E-state index is 0.0563. The van der Waals surface area contributed by atoms with Crippen LogP contribution in [0.1, 0.15) is 58.8 Å². The first-order valence-electron chi connectivity index (χ1n) is 13.5. The number of hydrogen-bond donors (Lipinski definition) is 2. The molecule has 0 unspecified atom stereocenters. The van der Waals surface area contributed by atoms with Crippen LogP contribution < -0.4 is 10.6 Å². The zero-order chi connectivity index (χ0) is 24.9. The lowest BCUT2D eigenvalue weighted by Gasteiger charge is -2.59. The average molecular weight is 485 g/mol. The van der Waals surface area contributed by atoms with E-state index in [9.17, 15) is 9.59 Å². The molecule has 6 rings (SSSR count). The van der Waals surface area contributed by atoms with E-state index in [2.05, 4.69) is 40.5 Å². The fourth-order valence-electron chi connectivity index (χ4n) is 8.35. The first-order chi connectivity index (χ1) is 17.4. The third-order valence-corrected chi connectivity index (χ3v) is 10.3. The second kappa shape index (κ2) is 8.82. The van der Waals surface area contributed by atoms with Crippen molar-refractivity contribution in [3.05, 3.63) is 54.9 Å². The van der Waals surface area contributed by atoms with Crippen molar-refractivity contribution in [1.29, 1.82) is 0 Å². The number of anilines is 1. The van der Waals surface area contributed by atoms with Gasteiger partial charge in [-0.1, -0.05) is 26.0 Å². The van der Waals surface area contributed by atoms with Crippen molar-refractivity contribution in [2.24, 2.45) is 34.5 Å². The highest BCUT2D eigenvalue weighted by Gasteiger charge is 2.59. The molecule has 2 aromatic heterocycles. The van der Waals surface area contributed by atoms with Crippen molar-refractivity contribution < 1.29 is 9.59 Å². The third kappa shape index (κ3) is 3.86. The van der Waals surface area contributed by atoms with Gasteiger partial charge in [0.15, 0.2) is 0 Å². The molecule has 2 aromatic rings. The quantitative estimate of drug-likeness (QED) is 0.610. The lowest BCUT2D eigenvalue weighted by Crippen LogP contribution is -2.59. The maximum atomic E-state index is 13.1. The van der Waals surface area contributed by atoms with Gasteiger partial charge in [0.2, 0.25) is 11.8 Å². The number of pyridine rings is 2. The summed E-state index contributed by atoms with van der Waals surface area (Å²) in [6, 6.07) is 9.88. The van der Waals surface area contributed by atoms with Gasteiger partial charge in [-0.05, 0) is 98.0 Å². The molecule has 2 N–H and O–H groups in total. The third-order valence-electron chi connectivity index (χ3n) is 10.3. The molecule has 1 aliphatic heterocycles. The van der Waals surface area contributed by atoms with E-state index in [0.717, 1.165) is 30.5 Å². The number of rotatable bonds is 4. The Kier molecular flexibility index (Phi) is 5.73. The Morgan fingerprint density at radius 2 is 1.94 bits per heavy atom. The summed E-state index contributed by atoms with van der Waals surface area (Å²) in [5.41, 5.74) is 2.07. The van der Waals surface area contributed by atoms with Gasteiger partial charge in [-0.15, -0.1) is 0 Å². The highest BCUT2D eigenvalue weighted by molar-refractivity contribution is 5.90. The smallest absolute Gasteiger partial charge is 0.243 e. The highest BCUT2D eigenvalue weighted by atomic mass is 16.2. The first-order valence-corrected chi connectivity index (χ1v) is 13.5. The maximum absolute atomic E-state index is 13.1. The van der Waals surface area contributed by atoms with E-state index in [4.69, 9.17) is 0 Å². The number of carbonyl (C=O) groups excluding carboxylic acids is 2. The Hall–Kier alpha value is -3.02. The molecule has 0 radical (unpaired) electrons. The maximum Gasteiger partial charge on any atom is 0.243 e. The summed E-state index contributed by atoms with van der Waals surface area (Å²) in [5, 5.41) is 6.29. The molecule has 6 nitrogen and oxygen atoms in total. The summed E-state index contributed by atoms with van der Waals surface area (Å²) in [7, 11) is 0. The molecule has 3 fully saturated rings. The summed E-state index contributed by atoms with van der Waals surface area (Å²) in [6.45, 7) is 4.81. The first kappa shape index (κ1) is 23.4. The summed E-state index contributed by atoms with van der Waals surface area (Å²) in [5.74, 6) is 3.08. The molecule has 3 aliphatic carbocycles. The van der Waals surface area contributed by atoms with Crippen molar-refractivity contribution in [1.82, 2.24) is 15.3 Å². The molecule has 36 heavy (non-hydrogen) atoms. The van der Waals surface area contributed by atoms with E-state index in [-0.39, 0.29) is 28.7 Å². The number of carbonyl (C=O) groups is 2.